The van der Waals surface area contributed by atoms with Crippen molar-refractivity contribution in [2.45, 2.75) is 31.0 Å². The third-order valence-electron chi connectivity index (χ3n) is 9.13. The molecule has 222 valence electrons. The fraction of sp³-hybridized carbons (Fsp3) is 0.438. The number of hydrogen-bond acceptors (Lipinski definition) is 10. The lowest BCUT2D eigenvalue weighted by Crippen LogP contribution is -2.56. The number of amides is 1. The van der Waals surface area contributed by atoms with Gasteiger partial charge in [-0.3, -0.25) is 9.69 Å². The molecule has 4 heterocycles. The Morgan fingerprint density at radius 1 is 1.09 bits per heavy atom. The number of aromatic nitrogens is 2. The molecule has 3 atom stereocenters. The number of carbonyl (C=O) groups is 1. The van der Waals surface area contributed by atoms with Crippen LogP contribution in [0.3, 0.4) is 0 Å². The highest BCUT2D eigenvalue weighted by Gasteiger charge is 2.48. The molecule has 7 rings (SSSR count). The zero-order valence-corrected chi connectivity index (χ0v) is 23.9. The fourth-order valence-corrected chi connectivity index (χ4v) is 6.74. The number of aliphatic hydroxyl groups is 1. The van der Waals surface area contributed by atoms with Crippen molar-refractivity contribution in [3.05, 3.63) is 60.3 Å². The maximum absolute atomic E-state index is 12.1. The molecule has 3 aliphatic heterocycles. The van der Waals surface area contributed by atoms with E-state index in [-0.39, 0.29) is 18.1 Å². The van der Waals surface area contributed by atoms with Gasteiger partial charge in [-0.15, -0.1) is 0 Å². The number of hydrogen-bond donors (Lipinski definition) is 2. The largest absolute Gasteiger partial charge is 0.487 e. The van der Waals surface area contributed by atoms with Gasteiger partial charge in [0, 0.05) is 55.9 Å². The van der Waals surface area contributed by atoms with Gasteiger partial charge in [-0.05, 0) is 67.3 Å². The molecule has 43 heavy (non-hydrogen) atoms. The molecule has 4 aliphatic rings. The number of piperidine rings is 1. The number of aliphatic hydroxyl groups excluding tert-OH is 1. The van der Waals surface area contributed by atoms with Crippen molar-refractivity contribution < 1.29 is 19.4 Å². The number of ether oxygens (including phenoxy) is 2. The summed E-state index contributed by atoms with van der Waals surface area (Å²) in [5.74, 6) is 1.72. The first-order valence-corrected chi connectivity index (χ1v) is 15.0. The summed E-state index contributed by atoms with van der Waals surface area (Å²) in [4.78, 5) is 27.9. The Balaban J connectivity index is 0.997. The van der Waals surface area contributed by atoms with Crippen LogP contribution in [0.15, 0.2) is 54.7 Å². The van der Waals surface area contributed by atoms with Crippen molar-refractivity contribution in [2.24, 2.45) is 5.92 Å². The lowest BCUT2D eigenvalue weighted by atomic mass is 10.1. The lowest BCUT2D eigenvalue weighted by Gasteiger charge is -2.43. The number of benzene rings is 2. The molecular formula is C32H35N7O4. The van der Waals surface area contributed by atoms with Gasteiger partial charge >= 0.3 is 0 Å². The molecule has 0 radical (unpaired) electrons. The van der Waals surface area contributed by atoms with Gasteiger partial charge < -0.3 is 29.7 Å². The van der Waals surface area contributed by atoms with Crippen molar-refractivity contribution in [1.29, 1.82) is 5.26 Å². The van der Waals surface area contributed by atoms with Crippen LogP contribution in [0.1, 0.15) is 18.4 Å². The SMILES string of the molecule is N#Cc1cc(-c2nccc(Nc3ccc(N4CCN(C5COC5)CC4)cc3)n2)ccc1OC1CC2CC1N(C(=O)CO)C2. The molecule has 3 saturated heterocycles. The van der Waals surface area contributed by atoms with E-state index in [4.69, 9.17) is 14.5 Å². The molecular weight excluding hydrogens is 546 g/mol. The molecule has 0 spiro atoms. The van der Waals surface area contributed by atoms with E-state index in [1.807, 2.05) is 12.1 Å². The van der Waals surface area contributed by atoms with E-state index in [1.54, 1.807) is 23.2 Å². The number of piperazine rings is 1. The smallest absolute Gasteiger partial charge is 0.248 e. The molecule has 11 nitrogen and oxygen atoms in total. The van der Waals surface area contributed by atoms with Crippen LogP contribution in [-0.2, 0) is 9.53 Å². The third kappa shape index (κ3) is 5.61. The standard InChI is InChI=1S/C32H35N7O4/c33-16-23-15-22(1-6-28(23)43-29-14-21-13-27(29)39(17-21)31(41)18-40)32-34-8-7-30(36-32)35-24-2-4-25(5-3-24)37-9-11-38(12-10-37)26-19-42-20-26/h1-8,15,21,26-27,29,40H,9-14,17-20H2,(H,34,35,36). The van der Waals surface area contributed by atoms with E-state index >= 15 is 0 Å². The van der Waals surface area contributed by atoms with Crippen LogP contribution in [0.5, 0.6) is 5.75 Å². The van der Waals surface area contributed by atoms with Gasteiger partial charge in [0.2, 0.25) is 5.91 Å². The molecule has 4 fully saturated rings. The maximum atomic E-state index is 12.1. The topological polar surface area (TPSA) is 127 Å². The lowest BCUT2D eigenvalue weighted by molar-refractivity contribution is -0.137. The highest BCUT2D eigenvalue weighted by atomic mass is 16.5. The van der Waals surface area contributed by atoms with Crippen LogP contribution in [0.25, 0.3) is 11.4 Å². The second-order valence-electron chi connectivity index (χ2n) is 11.7. The summed E-state index contributed by atoms with van der Waals surface area (Å²) in [5, 5.41) is 22.6. The van der Waals surface area contributed by atoms with Crippen LogP contribution in [0.2, 0.25) is 0 Å². The van der Waals surface area contributed by atoms with Crippen molar-refractivity contribution in [1.82, 2.24) is 19.8 Å². The summed E-state index contributed by atoms with van der Waals surface area (Å²) in [6.07, 6.45) is 3.19. The number of carbonyl (C=O) groups excluding carboxylic acids is 1. The van der Waals surface area contributed by atoms with Gasteiger partial charge in [0.15, 0.2) is 5.82 Å². The van der Waals surface area contributed by atoms with E-state index in [0.29, 0.717) is 47.0 Å². The summed E-state index contributed by atoms with van der Waals surface area (Å²) < 4.78 is 11.6. The average molecular weight is 582 g/mol. The van der Waals surface area contributed by atoms with Crippen LogP contribution in [-0.4, -0.2) is 102 Å². The van der Waals surface area contributed by atoms with E-state index in [9.17, 15) is 15.2 Å². The summed E-state index contributed by atoms with van der Waals surface area (Å²) in [6, 6.07) is 18.3. The molecule has 1 amide bonds. The molecule has 1 saturated carbocycles. The second kappa shape index (κ2) is 11.8. The number of likely N-dealkylation sites (tertiary alicyclic amines) is 1. The molecule has 2 aromatic carbocycles. The van der Waals surface area contributed by atoms with Crippen molar-refractivity contribution in [2.75, 3.05) is 62.8 Å². The first kappa shape index (κ1) is 27.6. The summed E-state index contributed by atoms with van der Waals surface area (Å²) >= 11 is 0. The number of anilines is 3. The Labute approximate surface area is 250 Å². The zero-order valence-electron chi connectivity index (χ0n) is 23.9. The highest BCUT2D eigenvalue weighted by molar-refractivity contribution is 5.78. The maximum Gasteiger partial charge on any atom is 0.248 e. The predicted molar refractivity (Wildman–Crippen MR) is 160 cm³/mol. The van der Waals surface area contributed by atoms with E-state index in [2.05, 4.69) is 50.4 Å². The van der Waals surface area contributed by atoms with Crippen LogP contribution >= 0.6 is 0 Å². The molecule has 3 aromatic rings. The Morgan fingerprint density at radius 3 is 2.60 bits per heavy atom. The fourth-order valence-electron chi connectivity index (χ4n) is 6.74. The third-order valence-corrected chi connectivity index (χ3v) is 9.13. The van der Waals surface area contributed by atoms with Crippen molar-refractivity contribution >= 4 is 23.1 Å². The van der Waals surface area contributed by atoms with Crippen molar-refractivity contribution in [3.63, 3.8) is 0 Å². The van der Waals surface area contributed by atoms with E-state index < -0.39 is 6.61 Å². The molecule has 11 heteroatoms. The van der Waals surface area contributed by atoms with Crippen LogP contribution in [0, 0.1) is 17.2 Å². The highest BCUT2D eigenvalue weighted by Crippen LogP contribution is 2.40. The first-order valence-electron chi connectivity index (χ1n) is 15.0. The second-order valence-corrected chi connectivity index (χ2v) is 11.7. The number of fused-ring (bicyclic) bond motifs is 2. The van der Waals surface area contributed by atoms with Gasteiger partial charge in [0.1, 0.15) is 30.3 Å². The zero-order chi connectivity index (χ0) is 29.3. The number of nitrogens with one attached hydrogen (secondary N) is 1. The number of nitrogens with zero attached hydrogens (tertiary/aromatic N) is 6. The first-order chi connectivity index (χ1) is 21.1. The Kier molecular flexibility index (Phi) is 7.57. The minimum Gasteiger partial charge on any atom is -0.487 e. The van der Waals surface area contributed by atoms with Gasteiger partial charge in [0.25, 0.3) is 0 Å². The van der Waals surface area contributed by atoms with Gasteiger partial charge in [-0.25, -0.2) is 9.97 Å². The molecule has 3 unspecified atom stereocenters. The average Bonchev–Trinajstić information content (AvgIpc) is 3.62. The van der Waals surface area contributed by atoms with Gasteiger partial charge in [0.05, 0.1) is 30.9 Å². The summed E-state index contributed by atoms with van der Waals surface area (Å²) in [6.45, 7) is 6.03. The van der Waals surface area contributed by atoms with E-state index in [1.165, 1.54) is 5.69 Å². The normalized spacial score (nSPS) is 23.6. The quantitative estimate of drug-likeness (QED) is 0.410. The minimum atomic E-state index is -0.498. The molecule has 2 N–H and O–H groups in total. The Morgan fingerprint density at radius 2 is 1.91 bits per heavy atom. The Bertz CT molecular complexity index is 1510. The molecule has 1 aromatic heterocycles. The minimum absolute atomic E-state index is 0.0752. The van der Waals surface area contributed by atoms with Gasteiger partial charge in [-0.2, -0.15) is 5.26 Å². The van der Waals surface area contributed by atoms with Crippen LogP contribution in [0.4, 0.5) is 17.2 Å². The molecule has 1 aliphatic carbocycles. The van der Waals surface area contributed by atoms with Crippen LogP contribution < -0.4 is 15.0 Å². The monoisotopic (exact) mass is 581 g/mol. The van der Waals surface area contributed by atoms with Crippen molar-refractivity contribution in [3.8, 4) is 23.2 Å². The summed E-state index contributed by atoms with van der Waals surface area (Å²) in [5.41, 5.74) is 3.24. The predicted octanol–water partition coefficient (Wildman–Crippen LogP) is 2.64. The number of nitriles is 1. The molecule has 2 bridgehead atoms. The number of rotatable bonds is 8. The summed E-state index contributed by atoms with van der Waals surface area (Å²) in [7, 11) is 0. The van der Waals surface area contributed by atoms with E-state index in [0.717, 1.165) is 57.9 Å². The van der Waals surface area contributed by atoms with Gasteiger partial charge in [-0.1, -0.05) is 0 Å². The Hall–Kier alpha value is -4.24.